The third-order valence-corrected chi connectivity index (χ3v) is 6.20. The largest absolute Gasteiger partial charge is 0.449 e. The molecule has 3 rings (SSSR count). The van der Waals surface area contributed by atoms with Gasteiger partial charge in [-0.2, -0.15) is 0 Å². The summed E-state index contributed by atoms with van der Waals surface area (Å²) in [6.07, 6.45) is 9.69. The van der Waals surface area contributed by atoms with Gasteiger partial charge < -0.3 is 14.8 Å². The molecule has 2 aromatic rings. The topological polar surface area (TPSA) is 47.6 Å². The minimum absolute atomic E-state index is 0.0564. The third kappa shape index (κ3) is 7.52. The number of benzene rings is 2. The predicted molar refractivity (Wildman–Crippen MR) is 130 cm³/mol. The van der Waals surface area contributed by atoms with E-state index in [9.17, 15) is 4.79 Å². The summed E-state index contributed by atoms with van der Waals surface area (Å²) >= 11 is 0. The molecule has 0 aliphatic heterocycles. The first kappa shape index (κ1) is 24.1. The standard InChI is InChI=1S/C28H37NO3/c1-3-31-26(18-17-24-13-7-4-8-14-24)23(2)22-32-27(30)29-28(19-11-6-12-20-28)21-25-15-9-5-10-16-25/h4-5,7-11,13-16,19,23,26H,3,6,12,17-18,20-22H2,1-2H3,(H,29,30). The van der Waals surface area contributed by atoms with Crippen LogP contribution in [0.4, 0.5) is 4.79 Å². The van der Waals surface area contributed by atoms with Gasteiger partial charge in [-0.1, -0.05) is 79.7 Å². The Bertz CT molecular complexity index is 836. The lowest BCUT2D eigenvalue weighted by Crippen LogP contribution is -2.50. The van der Waals surface area contributed by atoms with E-state index in [-0.39, 0.29) is 23.7 Å². The van der Waals surface area contributed by atoms with Gasteiger partial charge in [0.25, 0.3) is 0 Å². The van der Waals surface area contributed by atoms with Gasteiger partial charge in [0.05, 0.1) is 18.2 Å². The molecule has 0 bridgehead atoms. The van der Waals surface area contributed by atoms with Crippen LogP contribution in [0.3, 0.4) is 0 Å². The highest BCUT2D eigenvalue weighted by Crippen LogP contribution is 2.27. The molecule has 1 N–H and O–H groups in total. The number of amides is 1. The fraction of sp³-hybridized carbons (Fsp3) is 0.464. The highest BCUT2D eigenvalue weighted by Gasteiger charge is 2.31. The van der Waals surface area contributed by atoms with E-state index in [4.69, 9.17) is 9.47 Å². The third-order valence-electron chi connectivity index (χ3n) is 6.20. The average molecular weight is 436 g/mol. The molecular formula is C28H37NO3. The van der Waals surface area contributed by atoms with Gasteiger partial charge in [0.15, 0.2) is 0 Å². The molecule has 0 saturated heterocycles. The van der Waals surface area contributed by atoms with Crippen LogP contribution in [0.1, 0.15) is 50.7 Å². The summed E-state index contributed by atoms with van der Waals surface area (Å²) in [6, 6.07) is 20.8. The van der Waals surface area contributed by atoms with Crippen LogP contribution in [0, 0.1) is 5.92 Å². The van der Waals surface area contributed by atoms with Crippen molar-refractivity contribution in [3.8, 4) is 0 Å². The predicted octanol–water partition coefficient (Wildman–Crippen LogP) is 6.11. The van der Waals surface area contributed by atoms with E-state index in [1.165, 1.54) is 11.1 Å². The molecule has 1 aliphatic rings. The second kappa shape index (κ2) is 12.4. The van der Waals surface area contributed by atoms with Crippen molar-refractivity contribution in [3.63, 3.8) is 0 Å². The molecule has 2 aromatic carbocycles. The van der Waals surface area contributed by atoms with E-state index in [0.717, 1.165) is 38.5 Å². The van der Waals surface area contributed by atoms with Crippen LogP contribution in [0.25, 0.3) is 0 Å². The number of ether oxygens (including phenoxy) is 2. The van der Waals surface area contributed by atoms with Gasteiger partial charge in [-0.05, 0) is 56.6 Å². The Kier molecular flexibility index (Phi) is 9.36. The van der Waals surface area contributed by atoms with Gasteiger partial charge in [0.2, 0.25) is 0 Å². The normalized spacial score (nSPS) is 19.8. The minimum Gasteiger partial charge on any atom is -0.449 e. The Morgan fingerprint density at radius 1 is 1.06 bits per heavy atom. The quantitative estimate of drug-likeness (QED) is 0.433. The first-order chi connectivity index (χ1) is 15.6. The molecule has 3 unspecified atom stereocenters. The highest BCUT2D eigenvalue weighted by atomic mass is 16.6. The Morgan fingerprint density at radius 2 is 1.75 bits per heavy atom. The van der Waals surface area contributed by atoms with Crippen LogP contribution in [-0.4, -0.2) is 30.9 Å². The van der Waals surface area contributed by atoms with E-state index in [0.29, 0.717) is 13.2 Å². The molecule has 0 saturated carbocycles. The molecule has 0 radical (unpaired) electrons. The summed E-state index contributed by atoms with van der Waals surface area (Å²) in [7, 11) is 0. The zero-order valence-electron chi connectivity index (χ0n) is 19.5. The molecule has 3 atom stereocenters. The van der Waals surface area contributed by atoms with Crippen LogP contribution < -0.4 is 5.32 Å². The van der Waals surface area contributed by atoms with Gasteiger partial charge in [-0.3, -0.25) is 0 Å². The maximum Gasteiger partial charge on any atom is 0.407 e. The van der Waals surface area contributed by atoms with Crippen molar-refractivity contribution in [3.05, 3.63) is 83.9 Å². The zero-order valence-corrected chi connectivity index (χ0v) is 19.5. The Morgan fingerprint density at radius 3 is 2.38 bits per heavy atom. The first-order valence-corrected chi connectivity index (χ1v) is 11.9. The minimum atomic E-state index is -0.382. The fourth-order valence-corrected chi connectivity index (χ4v) is 4.44. The Labute approximate surface area is 193 Å². The molecule has 1 amide bonds. The van der Waals surface area contributed by atoms with Crippen molar-refractivity contribution in [2.75, 3.05) is 13.2 Å². The summed E-state index contributed by atoms with van der Waals surface area (Å²) in [5, 5.41) is 3.18. The number of nitrogens with one attached hydrogen (secondary N) is 1. The number of hydrogen-bond acceptors (Lipinski definition) is 3. The molecular weight excluding hydrogens is 398 g/mol. The SMILES string of the molecule is CCOC(CCc1ccccc1)C(C)COC(=O)NC1(Cc2ccccc2)C=CCCC1. The van der Waals surface area contributed by atoms with Crippen molar-refractivity contribution in [1.29, 1.82) is 0 Å². The van der Waals surface area contributed by atoms with Gasteiger partial charge >= 0.3 is 6.09 Å². The first-order valence-electron chi connectivity index (χ1n) is 11.9. The number of carbonyl (C=O) groups excluding carboxylic acids is 1. The van der Waals surface area contributed by atoms with Crippen LogP contribution in [-0.2, 0) is 22.3 Å². The van der Waals surface area contributed by atoms with E-state index < -0.39 is 0 Å². The molecule has 0 fully saturated rings. The smallest absolute Gasteiger partial charge is 0.407 e. The van der Waals surface area contributed by atoms with E-state index in [2.05, 4.69) is 60.8 Å². The van der Waals surface area contributed by atoms with Gasteiger partial charge in [-0.25, -0.2) is 4.79 Å². The molecule has 1 aliphatic carbocycles. The Balaban J connectivity index is 1.53. The lowest BCUT2D eigenvalue weighted by Gasteiger charge is -2.34. The van der Waals surface area contributed by atoms with Crippen LogP contribution >= 0.6 is 0 Å². The van der Waals surface area contributed by atoms with Crippen LogP contribution in [0.15, 0.2) is 72.8 Å². The van der Waals surface area contributed by atoms with E-state index in [1.807, 2.05) is 31.2 Å². The fourth-order valence-electron chi connectivity index (χ4n) is 4.44. The average Bonchev–Trinajstić information content (AvgIpc) is 2.82. The summed E-state index contributed by atoms with van der Waals surface area (Å²) in [5.74, 6) is 0.122. The molecule has 0 heterocycles. The molecule has 4 heteroatoms. The lowest BCUT2D eigenvalue weighted by atomic mass is 9.82. The van der Waals surface area contributed by atoms with E-state index >= 15 is 0 Å². The van der Waals surface area contributed by atoms with Crippen molar-refractivity contribution in [1.82, 2.24) is 5.32 Å². The summed E-state index contributed by atoms with van der Waals surface area (Å²) in [4.78, 5) is 12.8. The lowest BCUT2D eigenvalue weighted by molar-refractivity contribution is -0.00284. The highest BCUT2D eigenvalue weighted by molar-refractivity contribution is 5.69. The summed E-state index contributed by atoms with van der Waals surface area (Å²) in [5.41, 5.74) is 2.13. The maximum absolute atomic E-state index is 12.8. The number of alkyl carbamates (subject to hydrolysis) is 1. The van der Waals surface area contributed by atoms with Gasteiger partial charge in [0, 0.05) is 12.5 Å². The van der Waals surface area contributed by atoms with Crippen molar-refractivity contribution >= 4 is 6.09 Å². The van der Waals surface area contributed by atoms with Crippen LogP contribution in [0.2, 0.25) is 0 Å². The van der Waals surface area contributed by atoms with Crippen molar-refractivity contribution in [2.45, 2.75) is 64.0 Å². The summed E-state index contributed by atoms with van der Waals surface area (Å²) in [6.45, 7) is 5.11. The molecule has 4 nitrogen and oxygen atoms in total. The Hall–Kier alpha value is -2.59. The second-order valence-corrected chi connectivity index (χ2v) is 8.83. The molecule has 32 heavy (non-hydrogen) atoms. The maximum atomic E-state index is 12.8. The zero-order chi connectivity index (χ0) is 22.7. The monoisotopic (exact) mass is 435 g/mol. The molecule has 0 spiro atoms. The van der Waals surface area contributed by atoms with Gasteiger partial charge in [-0.15, -0.1) is 0 Å². The molecule has 172 valence electrons. The number of carbonyl (C=O) groups is 1. The van der Waals surface area contributed by atoms with Crippen LogP contribution in [0.5, 0.6) is 0 Å². The molecule has 0 aromatic heterocycles. The van der Waals surface area contributed by atoms with Gasteiger partial charge in [0.1, 0.15) is 0 Å². The number of hydrogen-bond donors (Lipinski definition) is 1. The van der Waals surface area contributed by atoms with Crippen molar-refractivity contribution in [2.24, 2.45) is 5.92 Å². The second-order valence-electron chi connectivity index (χ2n) is 8.83. The number of aryl methyl sites for hydroxylation is 1. The summed E-state index contributed by atoms with van der Waals surface area (Å²) < 4.78 is 11.7. The van der Waals surface area contributed by atoms with Crippen molar-refractivity contribution < 1.29 is 14.3 Å². The van der Waals surface area contributed by atoms with E-state index in [1.54, 1.807) is 0 Å². The number of rotatable bonds is 11. The number of allylic oxidation sites excluding steroid dienone is 1.